The van der Waals surface area contributed by atoms with Gasteiger partial charge in [-0.25, -0.2) is 4.79 Å². The molecule has 0 amide bonds. The number of rotatable bonds is 5. The van der Waals surface area contributed by atoms with Crippen molar-refractivity contribution in [3.05, 3.63) is 53.1 Å². The van der Waals surface area contributed by atoms with Gasteiger partial charge in [-0.3, -0.25) is 0 Å². The van der Waals surface area contributed by atoms with Crippen LogP contribution in [0.1, 0.15) is 5.56 Å². The molecule has 2 aromatic rings. The first-order valence-corrected chi connectivity index (χ1v) is 6.70. The molecule has 0 N–H and O–H groups in total. The average molecular weight is 307 g/mol. The third-order valence-corrected chi connectivity index (χ3v) is 3.04. The van der Waals surface area contributed by atoms with E-state index in [2.05, 4.69) is 0 Å². The van der Waals surface area contributed by atoms with Crippen LogP contribution >= 0.6 is 11.6 Å². The van der Waals surface area contributed by atoms with E-state index in [0.29, 0.717) is 22.3 Å². The minimum absolute atomic E-state index is 0.213. The summed E-state index contributed by atoms with van der Waals surface area (Å²) < 4.78 is 15.5. The van der Waals surface area contributed by atoms with E-state index in [-0.39, 0.29) is 6.61 Å². The Kier molecular flexibility index (Phi) is 5.06. The molecule has 0 fully saturated rings. The quantitative estimate of drug-likeness (QED) is 0.625. The zero-order chi connectivity index (χ0) is 15.2. The summed E-state index contributed by atoms with van der Waals surface area (Å²) >= 11 is 5.98. The second-order valence-electron chi connectivity index (χ2n) is 4.37. The van der Waals surface area contributed by atoms with Crippen LogP contribution in [0.25, 0.3) is 0 Å². The second kappa shape index (κ2) is 6.99. The van der Waals surface area contributed by atoms with E-state index in [1.165, 1.54) is 0 Å². The molecule has 0 spiro atoms. The first-order valence-electron chi connectivity index (χ1n) is 6.32. The Morgan fingerprint density at radius 2 is 1.76 bits per heavy atom. The molecular weight excluding hydrogens is 292 g/mol. The molecule has 0 aliphatic carbocycles. The van der Waals surface area contributed by atoms with Crippen LogP contribution in [0.5, 0.6) is 17.2 Å². The number of hydrogen-bond acceptors (Lipinski definition) is 4. The predicted molar refractivity (Wildman–Crippen MR) is 80.3 cm³/mol. The number of carbonyl (C=O) groups excluding carboxylic acids is 1. The second-order valence-corrected chi connectivity index (χ2v) is 4.78. The van der Waals surface area contributed by atoms with Gasteiger partial charge in [-0.15, -0.1) is 0 Å². The van der Waals surface area contributed by atoms with E-state index in [1.54, 1.807) is 43.5 Å². The molecule has 0 aliphatic rings. The molecule has 0 radical (unpaired) electrons. The molecule has 2 aromatic carbocycles. The van der Waals surface area contributed by atoms with Gasteiger partial charge in [-0.05, 0) is 48.9 Å². The first-order chi connectivity index (χ1) is 10.1. The molecule has 0 unspecified atom stereocenters. The van der Waals surface area contributed by atoms with Crippen molar-refractivity contribution in [3.63, 3.8) is 0 Å². The van der Waals surface area contributed by atoms with E-state index in [4.69, 9.17) is 25.8 Å². The van der Waals surface area contributed by atoms with Crippen LogP contribution in [0.15, 0.2) is 42.5 Å². The van der Waals surface area contributed by atoms with Crippen molar-refractivity contribution in [3.8, 4) is 17.2 Å². The van der Waals surface area contributed by atoms with Crippen LogP contribution in [0.4, 0.5) is 0 Å². The highest BCUT2D eigenvalue weighted by Crippen LogP contribution is 2.25. The molecule has 0 aliphatic heterocycles. The molecule has 0 bridgehead atoms. The molecule has 21 heavy (non-hydrogen) atoms. The van der Waals surface area contributed by atoms with E-state index >= 15 is 0 Å². The lowest BCUT2D eigenvalue weighted by Crippen LogP contribution is -2.17. The fourth-order valence-corrected chi connectivity index (χ4v) is 1.83. The lowest BCUT2D eigenvalue weighted by molar-refractivity contribution is -0.136. The van der Waals surface area contributed by atoms with Gasteiger partial charge in [0.1, 0.15) is 17.2 Å². The maximum absolute atomic E-state index is 11.7. The normalized spacial score (nSPS) is 10.0. The monoisotopic (exact) mass is 306 g/mol. The number of carbonyl (C=O) groups is 1. The van der Waals surface area contributed by atoms with Crippen LogP contribution in [-0.2, 0) is 4.79 Å². The molecule has 110 valence electrons. The summed E-state index contributed by atoms with van der Waals surface area (Å²) in [6, 6.07) is 12.1. The highest BCUT2D eigenvalue weighted by Gasteiger charge is 2.08. The Hall–Kier alpha value is -2.20. The molecular formula is C16H15ClO4. The van der Waals surface area contributed by atoms with Gasteiger partial charge in [0.15, 0.2) is 6.61 Å². The number of esters is 1. The number of halogens is 1. The fraction of sp³-hybridized carbons (Fsp3) is 0.188. The van der Waals surface area contributed by atoms with Gasteiger partial charge in [0, 0.05) is 0 Å². The van der Waals surface area contributed by atoms with E-state index in [1.807, 2.05) is 13.0 Å². The highest BCUT2D eigenvalue weighted by molar-refractivity contribution is 6.32. The van der Waals surface area contributed by atoms with Crippen molar-refractivity contribution in [2.24, 2.45) is 0 Å². The fourth-order valence-electron chi connectivity index (χ4n) is 1.66. The van der Waals surface area contributed by atoms with Gasteiger partial charge >= 0.3 is 5.97 Å². The van der Waals surface area contributed by atoms with Crippen molar-refractivity contribution in [1.29, 1.82) is 0 Å². The lowest BCUT2D eigenvalue weighted by Gasteiger charge is -2.09. The third-order valence-electron chi connectivity index (χ3n) is 2.72. The van der Waals surface area contributed by atoms with Gasteiger partial charge in [-0.2, -0.15) is 0 Å². The van der Waals surface area contributed by atoms with Crippen molar-refractivity contribution >= 4 is 17.6 Å². The Morgan fingerprint density at radius 3 is 2.43 bits per heavy atom. The van der Waals surface area contributed by atoms with Crippen molar-refractivity contribution in [2.75, 3.05) is 13.7 Å². The minimum Gasteiger partial charge on any atom is -0.497 e. The summed E-state index contributed by atoms with van der Waals surface area (Å²) in [5, 5.41) is 0.456. The molecule has 0 saturated heterocycles. The van der Waals surface area contributed by atoms with E-state index < -0.39 is 5.97 Å². The Bertz CT molecular complexity index is 623. The predicted octanol–water partition coefficient (Wildman–Crippen LogP) is 3.64. The lowest BCUT2D eigenvalue weighted by atomic mass is 10.2. The summed E-state index contributed by atoms with van der Waals surface area (Å²) in [7, 11) is 1.57. The minimum atomic E-state index is -0.502. The summed E-state index contributed by atoms with van der Waals surface area (Å²) in [5.74, 6) is 1.08. The number of aryl methyl sites for hydroxylation is 1. The van der Waals surface area contributed by atoms with Gasteiger partial charge < -0.3 is 14.2 Å². The molecule has 5 heteroatoms. The van der Waals surface area contributed by atoms with Gasteiger partial charge in [0.05, 0.1) is 12.1 Å². The van der Waals surface area contributed by atoms with Gasteiger partial charge in [0.25, 0.3) is 0 Å². The smallest absolute Gasteiger partial charge is 0.349 e. The van der Waals surface area contributed by atoms with E-state index in [0.717, 1.165) is 5.56 Å². The largest absolute Gasteiger partial charge is 0.497 e. The van der Waals surface area contributed by atoms with E-state index in [9.17, 15) is 4.79 Å². The highest BCUT2D eigenvalue weighted by atomic mass is 35.5. The van der Waals surface area contributed by atoms with Crippen LogP contribution in [0.2, 0.25) is 5.02 Å². The SMILES string of the molecule is COc1ccc(OC(=O)COc2cc(C)ccc2Cl)cc1. The standard InChI is InChI=1S/C16H15ClO4/c1-11-3-8-14(17)15(9-11)20-10-16(18)21-13-6-4-12(19-2)5-7-13/h3-9H,10H2,1-2H3. The zero-order valence-corrected chi connectivity index (χ0v) is 12.5. The van der Waals surface area contributed by atoms with Crippen LogP contribution in [0.3, 0.4) is 0 Å². The van der Waals surface area contributed by atoms with Gasteiger partial charge in [-0.1, -0.05) is 17.7 Å². The van der Waals surface area contributed by atoms with Crippen molar-refractivity contribution < 1.29 is 19.0 Å². The molecule has 0 atom stereocenters. The Morgan fingerprint density at radius 1 is 1.10 bits per heavy atom. The Balaban J connectivity index is 1.91. The number of ether oxygens (including phenoxy) is 3. The Labute approximate surface area is 128 Å². The number of methoxy groups -OCH3 is 1. The van der Waals surface area contributed by atoms with Gasteiger partial charge in [0.2, 0.25) is 0 Å². The maximum Gasteiger partial charge on any atom is 0.349 e. The molecule has 2 rings (SSSR count). The van der Waals surface area contributed by atoms with Crippen molar-refractivity contribution in [1.82, 2.24) is 0 Å². The average Bonchev–Trinajstić information content (AvgIpc) is 2.49. The van der Waals surface area contributed by atoms with Crippen molar-refractivity contribution in [2.45, 2.75) is 6.92 Å². The molecule has 4 nitrogen and oxygen atoms in total. The van der Waals surface area contributed by atoms with Crippen LogP contribution < -0.4 is 14.2 Å². The molecule has 0 heterocycles. The third kappa shape index (κ3) is 4.39. The number of hydrogen-bond donors (Lipinski definition) is 0. The summed E-state index contributed by atoms with van der Waals surface area (Å²) in [6.07, 6.45) is 0. The number of benzene rings is 2. The zero-order valence-electron chi connectivity index (χ0n) is 11.8. The topological polar surface area (TPSA) is 44.8 Å². The summed E-state index contributed by atoms with van der Waals surface area (Å²) in [6.45, 7) is 1.70. The summed E-state index contributed by atoms with van der Waals surface area (Å²) in [5.41, 5.74) is 0.998. The van der Waals surface area contributed by atoms with Crippen LogP contribution in [-0.4, -0.2) is 19.7 Å². The molecule has 0 saturated carbocycles. The van der Waals surface area contributed by atoms with Crippen LogP contribution in [0, 0.1) is 6.92 Å². The maximum atomic E-state index is 11.7. The summed E-state index contributed by atoms with van der Waals surface area (Å²) in [4.78, 5) is 11.7. The molecule has 0 aromatic heterocycles. The first kappa shape index (κ1) is 15.2.